The van der Waals surface area contributed by atoms with Crippen molar-refractivity contribution in [3.63, 3.8) is 0 Å². The van der Waals surface area contributed by atoms with Crippen LogP contribution < -0.4 is 10.6 Å². The van der Waals surface area contributed by atoms with Crippen molar-refractivity contribution in [2.45, 2.75) is 38.6 Å². The summed E-state index contributed by atoms with van der Waals surface area (Å²) in [6.45, 7) is 4.90. The summed E-state index contributed by atoms with van der Waals surface area (Å²) < 4.78 is 5.52. The van der Waals surface area contributed by atoms with Gasteiger partial charge in [-0.2, -0.15) is 0 Å². The average molecular weight is 480 g/mol. The number of aromatic nitrogens is 1. The number of nitrogens with zero attached hydrogens (tertiary/aromatic N) is 1. The quantitative estimate of drug-likeness (QED) is 0.448. The van der Waals surface area contributed by atoms with Crippen LogP contribution in [0, 0.1) is 6.92 Å². The Kier molecular flexibility index (Phi) is 6.39. The molecular formula is C25H25N3O5S. The molecule has 1 atom stereocenters. The molecule has 1 aliphatic rings. The second-order valence-electron chi connectivity index (χ2n) is 8.33. The van der Waals surface area contributed by atoms with E-state index in [-0.39, 0.29) is 29.0 Å². The predicted molar refractivity (Wildman–Crippen MR) is 129 cm³/mol. The third-order valence-electron chi connectivity index (χ3n) is 6.12. The zero-order valence-electron chi connectivity index (χ0n) is 19.0. The van der Waals surface area contributed by atoms with Gasteiger partial charge in [-0.3, -0.25) is 10.1 Å². The van der Waals surface area contributed by atoms with Crippen molar-refractivity contribution in [1.29, 1.82) is 0 Å². The Balaban J connectivity index is 1.42. The van der Waals surface area contributed by atoms with Gasteiger partial charge < -0.3 is 15.2 Å². The number of nitrogens with one attached hydrogen (secondary N) is 2. The fraction of sp³-hybridized carbons (Fsp3) is 0.280. The third-order valence-corrected chi connectivity index (χ3v) is 7.20. The normalized spacial score (nSPS) is 14.0. The molecule has 0 saturated carbocycles. The van der Waals surface area contributed by atoms with Gasteiger partial charge in [-0.1, -0.05) is 66.8 Å². The molecule has 8 nitrogen and oxygen atoms in total. The van der Waals surface area contributed by atoms with Gasteiger partial charge in [0.05, 0.1) is 5.69 Å². The first-order valence-corrected chi connectivity index (χ1v) is 11.7. The lowest BCUT2D eigenvalue weighted by molar-refractivity contribution is -0.143. The Bertz CT molecular complexity index is 1230. The Labute approximate surface area is 201 Å². The van der Waals surface area contributed by atoms with Gasteiger partial charge in [0.2, 0.25) is 0 Å². The molecule has 2 amide bonds. The fourth-order valence-electron chi connectivity index (χ4n) is 3.98. The summed E-state index contributed by atoms with van der Waals surface area (Å²) in [6, 6.07) is 16.1. The van der Waals surface area contributed by atoms with Crippen LogP contribution in [0.3, 0.4) is 0 Å². The standard InChI is InChI=1S/C25H25N3O5S/c1-4-25(3,22(30)31)28-21(29)20-14(2)26-23(34-20)27-24(32)33-13-19-17-11-7-5-9-15(17)16-10-6-8-12-18(16)19/h5-12,19H,4,13H2,1-3H3,(H,28,29)(H,30,31)(H,26,27,32). The van der Waals surface area contributed by atoms with Crippen molar-refractivity contribution < 1.29 is 24.2 Å². The molecule has 1 aliphatic carbocycles. The SMILES string of the molecule is CCC(C)(NC(=O)c1sc(NC(=O)OCC2c3ccccc3-c3ccccc32)nc1C)C(=O)O. The highest BCUT2D eigenvalue weighted by Crippen LogP contribution is 2.44. The maximum atomic E-state index is 12.6. The van der Waals surface area contributed by atoms with Crippen LogP contribution in [0.5, 0.6) is 0 Å². The van der Waals surface area contributed by atoms with E-state index < -0.39 is 23.5 Å². The molecule has 2 aromatic carbocycles. The molecule has 9 heteroatoms. The topological polar surface area (TPSA) is 118 Å². The number of fused-ring (bicyclic) bond motifs is 3. The van der Waals surface area contributed by atoms with Gasteiger partial charge in [0.25, 0.3) is 5.91 Å². The molecule has 0 radical (unpaired) electrons. The lowest BCUT2D eigenvalue weighted by Gasteiger charge is -2.24. The fourth-order valence-corrected chi connectivity index (χ4v) is 4.83. The highest BCUT2D eigenvalue weighted by molar-refractivity contribution is 7.17. The number of aliphatic carboxylic acids is 1. The summed E-state index contributed by atoms with van der Waals surface area (Å²) in [4.78, 5) is 41.1. The average Bonchev–Trinajstić information content (AvgIpc) is 3.34. The highest BCUT2D eigenvalue weighted by atomic mass is 32.1. The molecule has 3 aromatic rings. The van der Waals surface area contributed by atoms with E-state index in [2.05, 4.69) is 27.8 Å². The van der Waals surface area contributed by atoms with Crippen LogP contribution in [-0.4, -0.2) is 40.2 Å². The van der Waals surface area contributed by atoms with Gasteiger partial charge in [-0.15, -0.1) is 0 Å². The number of carbonyl (C=O) groups is 3. The van der Waals surface area contributed by atoms with Crippen molar-refractivity contribution in [3.8, 4) is 11.1 Å². The minimum Gasteiger partial charge on any atom is -0.480 e. The summed E-state index contributed by atoms with van der Waals surface area (Å²) in [5.74, 6) is -1.75. The number of amides is 2. The van der Waals surface area contributed by atoms with Gasteiger partial charge in [0, 0.05) is 5.92 Å². The maximum absolute atomic E-state index is 12.6. The molecule has 4 rings (SSSR count). The van der Waals surface area contributed by atoms with Crippen molar-refractivity contribution in [2.24, 2.45) is 0 Å². The molecule has 0 aliphatic heterocycles. The van der Waals surface area contributed by atoms with Gasteiger partial charge in [0.1, 0.15) is 17.0 Å². The molecule has 0 bridgehead atoms. The molecule has 1 heterocycles. The Morgan fingerprint density at radius 3 is 2.24 bits per heavy atom. The highest BCUT2D eigenvalue weighted by Gasteiger charge is 2.34. The predicted octanol–water partition coefficient (Wildman–Crippen LogP) is 4.80. The van der Waals surface area contributed by atoms with Crippen LogP contribution in [-0.2, 0) is 9.53 Å². The first-order chi connectivity index (χ1) is 16.2. The number of carbonyl (C=O) groups excluding carboxylic acids is 2. The molecular weight excluding hydrogens is 454 g/mol. The van der Waals surface area contributed by atoms with Gasteiger partial charge >= 0.3 is 12.1 Å². The van der Waals surface area contributed by atoms with Crippen LogP contribution in [0.4, 0.5) is 9.93 Å². The van der Waals surface area contributed by atoms with E-state index in [4.69, 9.17) is 4.74 Å². The number of hydrogen-bond donors (Lipinski definition) is 3. The zero-order chi connectivity index (χ0) is 24.5. The lowest BCUT2D eigenvalue weighted by atomic mass is 9.98. The Morgan fingerprint density at radius 2 is 1.68 bits per heavy atom. The molecule has 0 fully saturated rings. The second kappa shape index (κ2) is 9.26. The molecule has 0 saturated heterocycles. The molecule has 176 valence electrons. The number of aryl methyl sites for hydroxylation is 1. The van der Waals surface area contributed by atoms with E-state index in [0.29, 0.717) is 5.69 Å². The monoisotopic (exact) mass is 479 g/mol. The van der Waals surface area contributed by atoms with Crippen molar-refractivity contribution >= 4 is 34.4 Å². The summed E-state index contributed by atoms with van der Waals surface area (Å²) in [5.41, 5.74) is 3.49. The van der Waals surface area contributed by atoms with Crippen molar-refractivity contribution in [1.82, 2.24) is 10.3 Å². The molecule has 0 spiro atoms. The van der Waals surface area contributed by atoms with Crippen molar-refractivity contribution in [3.05, 3.63) is 70.2 Å². The third kappa shape index (κ3) is 4.38. The van der Waals surface area contributed by atoms with Crippen LogP contribution >= 0.6 is 11.3 Å². The number of hydrogen-bond acceptors (Lipinski definition) is 6. The van der Waals surface area contributed by atoms with E-state index >= 15 is 0 Å². The molecule has 1 aromatic heterocycles. The molecule has 1 unspecified atom stereocenters. The smallest absolute Gasteiger partial charge is 0.413 e. The molecule has 34 heavy (non-hydrogen) atoms. The zero-order valence-corrected chi connectivity index (χ0v) is 19.9. The number of carboxylic acids is 1. The first kappa shape index (κ1) is 23.4. The minimum atomic E-state index is -1.39. The lowest BCUT2D eigenvalue weighted by Crippen LogP contribution is -2.51. The number of ether oxygens (including phenoxy) is 1. The van der Waals surface area contributed by atoms with Crippen LogP contribution in [0.15, 0.2) is 48.5 Å². The second-order valence-corrected chi connectivity index (χ2v) is 9.33. The summed E-state index contributed by atoms with van der Waals surface area (Å²) >= 11 is 0.966. The minimum absolute atomic E-state index is 0.0692. The number of anilines is 1. The largest absolute Gasteiger partial charge is 0.480 e. The maximum Gasteiger partial charge on any atom is 0.413 e. The Hall–Kier alpha value is -3.72. The van der Waals surface area contributed by atoms with E-state index in [9.17, 15) is 19.5 Å². The number of benzene rings is 2. The summed E-state index contributed by atoms with van der Waals surface area (Å²) in [7, 11) is 0. The van der Waals surface area contributed by atoms with E-state index in [0.717, 1.165) is 33.6 Å². The number of carboxylic acid groups (broad SMARTS) is 1. The number of rotatable bonds is 7. The first-order valence-electron chi connectivity index (χ1n) is 10.9. The Morgan fingerprint density at radius 1 is 1.09 bits per heavy atom. The number of thiazole rings is 1. The molecule has 3 N–H and O–H groups in total. The van der Waals surface area contributed by atoms with E-state index in [1.807, 2.05) is 36.4 Å². The summed E-state index contributed by atoms with van der Waals surface area (Å²) in [6.07, 6.45) is -0.456. The van der Waals surface area contributed by atoms with Crippen LogP contribution in [0.25, 0.3) is 11.1 Å². The van der Waals surface area contributed by atoms with Crippen LogP contribution in [0.1, 0.15) is 52.7 Å². The van der Waals surface area contributed by atoms with Gasteiger partial charge in [0.15, 0.2) is 5.13 Å². The van der Waals surface area contributed by atoms with Gasteiger partial charge in [-0.25, -0.2) is 14.6 Å². The summed E-state index contributed by atoms with van der Waals surface area (Å²) in [5, 5.41) is 14.7. The van der Waals surface area contributed by atoms with Crippen LogP contribution in [0.2, 0.25) is 0 Å². The van der Waals surface area contributed by atoms with Gasteiger partial charge in [-0.05, 0) is 42.5 Å². The van der Waals surface area contributed by atoms with E-state index in [1.54, 1.807) is 13.8 Å². The van der Waals surface area contributed by atoms with Crippen molar-refractivity contribution in [2.75, 3.05) is 11.9 Å². The van der Waals surface area contributed by atoms with E-state index in [1.165, 1.54) is 6.92 Å².